The molecule has 0 aliphatic heterocycles. The zero-order valence-corrected chi connectivity index (χ0v) is 14.1. The molecule has 7 heteroatoms. The number of alkyl carbamates (subject to hydrolysis) is 1. The lowest BCUT2D eigenvalue weighted by Crippen LogP contribution is -2.30. The molecule has 2 rings (SSSR count). The van der Waals surface area contributed by atoms with Crippen molar-refractivity contribution < 1.29 is 19.4 Å². The van der Waals surface area contributed by atoms with Gasteiger partial charge in [0.1, 0.15) is 6.61 Å². The smallest absolute Gasteiger partial charge is 0.407 e. The first-order valence-electron chi connectivity index (χ1n) is 7.09. The average Bonchev–Trinajstić information content (AvgIpc) is 2.55. The summed E-state index contributed by atoms with van der Waals surface area (Å²) in [4.78, 5) is 23.0. The summed E-state index contributed by atoms with van der Waals surface area (Å²) in [6.07, 6.45) is -1.02. The standard InChI is InChI=1S/C17H15Cl2NO4/c18-13-7-6-12(8-14(13)19)15(9-16(21)22)20-17(23)24-10-11-4-2-1-3-5-11/h1-8,15H,9-10H2,(H,20,23)(H,21,22)/t15-/m0/s1. The molecule has 0 fully saturated rings. The van der Waals surface area contributed by atoms with Crippen molar-refractivity contribution >= 4 is 35.3 Å². The summed E-state index contributed by atoms with van der Waals surface area (Å²) in [6.45, 7) is 0.0911. The molecule has 2 aromatic carbocycles. The second-order valence-corrected chi connectivity index (χ2v) is 5.84. The minimum Gasteiger partial charge on any atom is -0.481 e. The van der Waals surface area contributed by atoms with Gasteiger partial charge in [0.25, 0.3) is 0 Å². The van der Waals surface area contributed by atoms with Crippen molar-refractivity contribution in [3.63, 3.8) is 0 Å². The van der Waals surface area contributed by atoms with E-state index in [-0.39, 0.29) is 18.1 Å². The number of hydrogen-bond acceptors (Lipinski definition) is 3. The van der Waals surface area contributed by atoms with E-state index in [0.717, 1.165) is 5.56 Å². The highest BCUT2D eigenvalue weighted by atomic mass is 35.5. The molecule has 0 unspecified atom stereocenters. The van der Waals surface area contributed by atoms with E-state index in [1.165, 1.54) is 6.07 Å². The molecule has 1 amide bonds. The van der Waals surface area contributed by atoms with E-state index in [9.17, 15) is 9.59 Å². The molecule has 0 saturated carbocycles. The molecule has 0 saturated heterocycles. The van der Waals surface area contributed by atoms with Crippen LogP contribution in [0.2, 0.25) is 10.0 Å². The van der Waals surface area contributed by atoms with Gasteiger partial charge >= 0.3 is 12.1 Å². The number of carboxylic acids is 1. The fourth-order valence-electron chi connectivity index (χ4n) is 2.06. The van der Waals surface area contributed by atoms with Gasteiger partial charge in [0.05, 0.1) is 22.5 Å². The lowest BCUT2D eigenvalue weighted by Gasteiger charge is -2.18. The molecule has 0 aliphatic rings. The molecule has 0 bridgehead atoms. The van der Waals surface area contributed by atoms with Crippen molar-refractivity contribution in [1.82, 2.24) is 5.32 Å². The molecule has 1 atom stereocenters. The maximum Gasteiger partial charge on any atom is 0.407 e. The number of aliphatic carboxylic acids is 1. The minimum atomic E-state index is -1.06. The van der Waals surface area contributed by atoms with Crippen LogP contribution in [-0.4, -0.2) is 17.2 Å². The van der Waals surface area contributed by atoms with Gasteiger partial charge in [-0.2, -0.15) is 0 Å². The number of rotatable bonds is 6. The van der Waals surface area contributed by atoms with Crippen molar-refractivity contribution in [2.75, 3.05) is 0 Å². The highest BCUT2D eigenvalue weighted by Crippen LogP contribution is 2.27. The first-order chi connectivity index (χ1) is 11.5. The van der Waals surface area contributed by atoms with Crippen LogP contribution in [0.3, 0.4) is 0 Å². The van der Waals surface area contributed by atoms with E-state index in [2.05, 4.69) is 5.32 Å². The maximum absolute atomic E-state index is 11.9. The van der Waals surface area contributed by atoms with E-state index >= 15 is 0 Å². The van der Waals surface area contributed by atoms with Gasteiger partial charge in [-0.1, -0.05) is 59.6 Å². The number of carboxylic acid groups (broad SMARTS) is 1. The number of hydrogen-bond donors (Lipinski definition) is 2. The predicted octanol–water partition coefficient (Wildman–Crippen LogP) is 4.44. The number of carbonyl (C=O) groups excluding carboxylic acids is 1. The van der Waals surface area contributed by atoms with Crippen LogP contribution in [0.15, 0.2) is 48.5 Å². The minimum absolute atomic E-state index is 0.0911. The van der Waals surface area contributed by atoms with E-state index in [1.807, 2.05) is 30.3 Å². The summed E-state index contributed by atoms with van der Waals surface area (Å²) in [7, 11) is 0. The van der Waals surface area contributed by atoms with Crippen molar-refractivity contribution in [3.05, 3.63) is 69.7 Å². The van der Waals surface area contributed by atoms with Gasteiger partial charge in [0.2, 0.25) is 0 Å². The number of carbonyl (C=O) groups is 2. The molecular weight excluding hydrogens is 353 g/mol. The van der Waals surface area contributed by atoms with Crippen LogP contribution >= 0.6 is 23.2 Å². The molecule has 0 radical (unpaired) electrons. The molecular formula is C17H15Cl2NO4. The summed E-state index contributed by atoms with van der Waals surface area (Å²) >= 11 is 11.8. The van der Waals surface area contributed by atoms with Gasteiger partial charge in [-0.3, -0.25) is 4.79 Å². The van der Waals surface area contributed by atoms with Crippen LogP contribution in [0.5, 0.6) is 0 Å². The molecule has 5 nitrogen and oxygen atoms in total. The predicted molar refractivity (Wildman–Crippen MR) is 91.2 cm³/mol. The number of halogens is 2. The Morgan fingerprint density at radius 3 is 2.42 bits per heavy atom. The van der Waals surface area contributed by atoms with Crippen molar-refractivity contribution in [3.8, 4) is 0 Å². The van der Waals surface area contributed by atoms with Gasteiger partial charge in [-0.15, -0.1) is 0 Å². The monoisotopic (exact) mass is 367 g/mol. The Balaban J connectivity index is 2.03. The summed E-state index contributed by atoms with van der Waals surface area (Å²) in [6, 6.07) is 13.1. The van der Waals surface area contributed by atoms with Crippen LogP contribution in [0.1, 0.15) is 23.6 Å². The zero-order valence-electron chi connectivity index (χ0n) is 12.5. The van der Waals surface area contributed by atoms with Crippen molar-refractivity contribution in [1.29, 1.82) is 0 Å². The fourth-order valence-corrected chi connectivity index (χ4v) is 2.37. The van der Waals surface area contributed by atoms with Crippen LogP contribution in [0, 0.1) is 0 Å². The van der Waals surface area contributed by atoms with Crippen LogP contribution in [-0.2, 0) is 16.1 Å². The first-order valence-corrected chi connectivity index (χ1v) is 7.85. The van der Waals surface area contributed by atoms with Crippen LogP contribution in [0.25, 0.3) is 0 Å². The van der Waals surface area contributed by atoms with E-state index in [1.54, 1.807) is 12.1 Å². The Labute approximate surface area is 149 Å². The summed E-state index contributed by atoms with van der Waals surface area (Å²) in [5.74, 6) is -1.06. The van der Waals surface area contributed by atoms with Gasteiger partial charge in [-0.25, -0.2) is 4.79 Å². The van der Waals surface area contributed by atoms with Gasteiger partial charge in [0.15, 0.2) is 0 Å². The van der Waals surface area contributed by atoms with Gasteiger partial charge in [-0.05, 0) is 23.3 Å². The van der Waals surface area contributed by atoms with E-state index < -0.39 is 18.1 Å². The average molecular weight is 368 g/mol. The number of ether oxygens (including phenoxy) is 1. The molecule has 0 aromatic heterocycles. The molecule has 2 N–H and O–H groups in total. The van der Waals surface area contributed by atoms with Crippen molar-refractivity contribution in [2.45, 2.75) is 19.1 Å². The highest BCUT2D eigenvalue weighted by Gasteiger charge is 2.19. The Kier molecular flexibility index (Phi) is 6.46. The third-order valence-electron chi connectivity index (χ3n) is 3.23. The van der Waals surface area contributed by atoms with Crippen LogP contribution in [0.4, 0.5) is 4.79 Å². The maximum atomic E-state index is 11.9. The summed E-state index contributed by atoms with van der Waals surface area (Å²) in [5, 5.41) is 12.2. The highest BCUT2D eigenvalue weighted by molar-refractivity contribution is 6.42. The third kappa shape index (κ3) is 5.44. The lowest BCUT2D eigenvalue weighted by molar-refractivity contribution is -0.137. The molecule has 0 spiro atoms. The Hall–Kier alpha value is -2.24. The Bertz CT molecular complexity index is 722. The fraction of sp³-hybridized carbons (Fsp3) is 0.176. The Morgan fingerprint density at radius 2 is 1.79 bits per heavy atom. The number of amides is 1. The summed E-state index contributed by atoms with van der Waals surface area (Å²) in [5.41, 5.74) is 1.36. The molecule has 2 aromatic rings. The lowest BCUT2D eigenvalue weighted by atomic mass is 10.0. The zero-order chi connectivity index (χ0) is 17.5. The molecule has 0 heterocycles. The second kappa shape index (κ2) is 8.57. The largest absolute Gasteiger partial charge is 0.481 e. The Morgan fingerprint density at radius 1 is 1.08 bits per heavy atom. The summed E-state index contributed by atoms with van der Waals surface area (Å²) < 4.78 is 5.11. The number of benzene rings is 2. The quantitative estimate of drug-likeness (QED) is 0.791. The van der Waals surface area contributed by atoms with E-state index in [0.29, 0.717) is 10.6 Å². The molecule has 24 heavy (non-hydrogen) atoms. The normalized spacial score (nSPS) is 11.6. The molecule has 0 aliphatic carbocycles. The van der Waals surface area contributed by atoms with Gasteiger partial charge < -0.3 is 15.2 Å². The number of nitrogens with one attached hydrogen (secondary N) is 1. The molecule has 126 valence electrons. The second-order valence-electron chi connectivity index (χ2n) is 5.03. The first kappa shape index (κ1) is 18.1. The topological polar surface area (TPSA) is 75.6 Å². The van der Waals surface area contributed by atoms with Crippen molar-refractivity contribution in [2.24, 2.45) is 0 Å². The van der Waals surface area contributed by atoms with Crippen LogP contribution < -0.4 is 5.32 Å². The van der Waals surface area contributed by atoms with E-state index in [4.69, 9.17) is 33.0 Å². The van der Waals surface area contributed by atoms with Gasteiger partial charge in [0, 0.05) is 0 Å². The SMILES string of the molecule is O=C(O)C[C@H](NC(=O)OCc1ccccc1)c1ccc(Cl)c(Cl)c1. The third-order valence-corrected chi connectivity index (χ3v) is 3.97.